The average Bonchev–Trinajstić information content (AvgIpc) is 2.95. The molecule has 1 atom stereocenters. The summed E-state index contributed by atoms with van der Waals surface area (Å²) < 4.78 is 6.07. The summed E-state index contributed by atoms with van der Waals surface area (Å²) in [7, 11) is 1.66. The van der Waals surface area contributed by atoms with E-state index in [0.717, 1.165) is 51.3 Å². The number of benzene rings is 2. The van der Waals surface area contributed by atoms with E-state index in [0.29, 0.717) is 29.9 Å². The first-order chi connectivity index (χ1) is 18.7. The summed E-state index contributed by atoms with van der Waals surface area (Å²) in [5.41, 5.74) is 10.1. The summed E-state index contributed by atoms with van der Waals surface area (Å²) >= 11 is 0. The second kappa shape index (κ2) is 14.1. The Morgan fingerprint density at radius 2 is 1.59 bits per heavy atom. The molecule has 2 heterocycles. The van der Waals surface area contributed by atoms with Crippen molar-refractivity contribution in [2.45, 2.75) is 18.9 Å². The van der Waals surface area contributed by atoms with Crippen molar-refractivity contribution in [3.63, 3.8) is 0 Å². The molecule has 4 rings (SSSR count). The molecule has 2 aromatic carbocycles. The molecular formula is C28H34N4O7. The van der Waals surface area contributed by atoms with Crippen molar-refractivity contribution in [3.8, 4) is 0 Å². The van der Waals surface area contributed by atoms with Crippen molar-refractivity contribution < 1.29 is 34.1 Å². The largest absolute Gasteiger partial charge is 0.478 e. The summed E-state index contributed by atoms with van der Waals surface area (Å²) in [5.74, 6) is -2.96. The van der Waals surface area contributed by atoms with E-state index in [1.165, 1.54) is 11.1 Å². The molecule has 1 saturated heterocycles. The quantitative estimate of drug-likeness (QED) is 0.366. The van der Waals surface area contributed by atoms with Gasteiger partial charge in [0, 0.05) is 68.7 Å². The zero-order valence-electron chi connectivity index (χ0n) is 21.8. The first kappa shape index (κ1) is 29.3. The minimum Gasteiger partial charge on any atom is -0.478 e. The van der Waals surface area contributed by atoms with E-state index in [1.54, 1.807) is 19.2 Å². The third-order valence-electron chi connectivity index (χ3n) is 6.63. The van der Waals surface area contributed by atoms with Gasteiger partial charge >= 0.3 is 11.9 Å². The number of nitrogens with zero attached hydrogens (tertiary/aromatic N) is 2. The van der Waals surface area contributed by atoms with Crippen molar-refractivity contribution in [1.29, 1.82) is 0 Å². The number of carbonyl (C=O) groups excluding carboxylic acids is 2. The summed E-state index contributed by atoms with van der Waals surface area (Å²) in [6.45, 7) is 5.57. The van der Waals surface area contributed by atoms with E-state index >= 15 is 0 Å². The Kier molecular flexibility index (Phi) is 10.6. The number of aliphatic carboxylic acids is 2. The number of carboxylic acids is 2. The zero-order chi connectivity index (χ0) is 28.4. The van der Waals surface area contributed by atoms with Crippen LogP contribution in [-0.4, -0.2) is 85.2 Å². The van der Waals surface area contributed by atoms with E-state index in [1.807, 2.05) is 24.3 Å². The molecule has 39 heavy (non-hydrogen) atoms. The van der Waals surface area contributed by atoms with Crippen LogP contribution in [0.5, 0.6) is 0 Å². The number of primary amides is 1. The van der Waals surface area contributed by atoms with E-state index in [2.05, 4.69) is 21.2 Å². The highest BCUT2D eigenvalue weighted by atomic mass is 16.5. The molecule has 2 aromatic rings. The van der Waals surface area contributed by atoms with Crippen LogP contribution in [0.25, 0.3) is 0 Å². The molecule has 0 saturated carbocycles. The molecule has 5 N–H and O–H groups in total. The van der Waals surface area contributed by atoms with Crippen LogP contribution in [-0.2, 0) is 20.7 Å². The molecule has 2 amide bonds. The van der Waals surface area contributed by atoms with Gasteiger partial charge in [-0.2, -0.15) is 0 Å². The predicted octanol–water partition coefficient (Wildman–Crippen LogP) is 1.68. The lowest BCUT2D eigenvalue weighted by Gasteiger charge is -2.37. The van der Waals surface area contributed by atoms with Crippen molar-refractivity contribution in [2.24, 2.45) is 5.73 Å². The molecular weight excluding hydrogens is 504 g/mol. The highest BCUT2D eigenvalue weighted by Crippen LogP contribution is 2.31. The minimum atomic E-state index is -1.26. The fraction of sp³-hybridized carbons (Fsp3) is 0.357. The Balaban J connectivity index is 0.000000459. The van der Waals surface area contributed by atoms with E-state index in [9.17, 15) is 19.2 Å². The first-order valence-corrected chi connectivity index (χ1v) is 12.7. The zero-order valence-corrected chi connectivity index (χ0v) is 21.8. The maximum atomic E-state index is 11.9. The smallest absolute Gasteiger partial charge is 0.328 e. The second-order valence-electron chi connectivity index (χ2n) is 9.14. The van der Waals surface area contributed by atoms with Crippen LogP contribution >= 0.6 is 0 Å². The van der Waals surface area contributed by atoms with Crippen LogP contribution in [0.1, 0.15) is 44.4 Å². The topological polar surface area (TPSA) is 162 Å². The van der Waals surface area contributed by atoms with Gasteiger partial charge < -0.3 is 30.9 Å². The van der Waals surface area contributed by atoms with Gasteiger partial charge in [0.2, 0.25) is 5.91 Å². The Hall–Kier alpha value is -4.22. The van der Waals surface area contributed by atoms with Gasteiger partial charge in [-0.05, 0) is 60.4 Å². The van der Waals surface area contributed by atoms with Crippen molar-refractivity contribution in [2.75, 3.05) is 51.3 Å². The normalized spacial score (nSPS) is 17.1. The van der Waals surface area contributed by atoms with Gasteiger partial charge in [-0.15, -0.1) is 0 Å². The first-order valence-electron chi connectivity index (χ1n) is 12.7. The molecule has 2 aliphatic rings. The number of amides is 2. The summed E-state index contributed by atoms with van der Waals surface area (Å²) in [5, 5.41) is 18.3. The fourth-order valence-corrected chi connectivity index (χ4v) is 4.57. The van der Waals surface area contributed by atoms with Crippen LogP contribution in [0, 0.1) is 0 Å². The number of carboxylic acid groups (broad SMARTS) is 2. The molecule has 11 heteroatoms. The highest BCUT2D eigenvalue weighted by molar-refractivity contribution is 5.94. The molecule has 208 valence electrons. The van der Waals surface area contributed by atoms with Gasteiger partial charge in [0.1, 0.15) is 0 Å². The molecule has 0 aromatic heterocycles. The van der Waals surface area contributed by atoms with Gasteiger partial charge in [-0.3, -0.25) is 14.5 Å². The maximum absolute atomic E-state index is 11.9. The van der Waals surface area contributed by atoms with E-state index < -0.39 is 17.8 Å². The number of ether oxygens (including phenoxy) is 1. The molecule has 0 bridgehead atoms. The molecule has 0 aliphatic carbocycles. The van der Waals surface area contributed by atoms with Gasteiger partial charge in [0.25, 0.3) is 5.91 Å². The number of carbonyl (C=O) groups is 4. The molecule has 2 aliphatic heterocycles. The second-order valence-corrected chi connectivity index (χ2v) is 9.14. The standard InChI is InChI=1S/C24H30N4O3.C4H4O4/c1-26-24(30)19-4-7-21-18(16-19)9-15-31-22(21)8-10-27-11-13-28(14-12-27)20-5-2-17(3-6-20)23(25)29;5-3(6)1-2-4(7)8/h2-7,16,22H,8-15H2,1H3,(H2,25,29)(H,26,30);1-2H,(H,5,6)(H,7,8)/b;2-1-/t22-;/m0./s1. The van der Waals surface area contributed by atoms with Crippen LogP contribution < -0.4 is 16.0 Å². The van der Waals surface area contributed by atoms with Crippen LogP contribution in [0.2, 0.25) is 0 Å². The van der Waals surface area contributed by atoms with Crippen LogP contribution in [0.4, 0.5) is 5.69 Å². The number of anilines is 1. The molecule has 1 fully saturated rings. The third-order valence-corrected chi connectivity index (χ3v) is 6.63. The Morgan fingerprint density at radius 3 is 2.15 bits per heavy atom. The number of nitrogens with two attached hydrogens (primary N) is 1. The van der Waals surface area contributed by atoms with Gasteiger partial charge in [0.15, 0.2) is 0 Å². The number of rotatable bonds is 8. The summed E-state index contributed by atoms with van der Waals surface area (Å²) in [6.07, 6.45) is 3.00. The highest BCUT2D eigenvalue weighted by Gasteiger charge is 2.24. The minimum absolute atomic E-state index is 0.0482. The fourth-order valence-electron chi connectivity index (χ4n) is 4.57. The number of nitrogens with one attached hydrogen (secondary N) is 1. The molecule has 0 radical (unpaired) electrons. The SMILES string of the molecule is CNC(=O)c1ccc2c(c1)CCO[C@H]2CCN1CCN(c2ccc(C(N)=O)cc2)CC1.O=C(O)/C=C\C(=O)O. The Morgan fingerprint density at radius 1 is 0.974 bits per heavy atom. The van der Waals surface area contributed by atoms with Crippen LogP contribution in [0.3, 0.4) is 0 Å². The molecule has 11 nitrogen and oxygen atoms in total. The Labute approximate surface area is 226 Å². The maximum Gasteiger partial charge on any atom is 0.328 e. The Bertz CT molecular complexity index is 1190. The number of piperazine rings is 1. The molecule has 0 unspecified atom stereocenters. The number of fused-ring (bicyclic) bond motifs is 1. The monoisotopic (exact) mass is 538 g/mol. The van der Waals surface area contributed by atoms with Gasteiger partial charge in [-0.25, -0.2) is 9.59 Å². The van der Waals surface area contributed by atoms with Gasteiger partial charge in [-0.1, -0.05) is 6.07 Å². The molecule has 0 spiro atoms. The van der Waals surface area contributed by atoms with Crippen molar-refractivity contribution >= 4 is 29.4 Å². The summed E-state index contributed by atoms with van der Waals surface area (Å²) in [6, 6.07) is 13.5. The van der Waals surface area contributed by atoms with Crippen LogP contribution in [0.15, 0.2) is 54.6 Å². The van der Waals surface area contributed by atoms with Crippen molar-refractivity contribution in [3.05, 3.63) is 76.9 Å². The number of hydrogen-bond acceptors (Lipinski definition) is 7. The van der Waals surface area contributed by atoms with Crippen molar-refractivity contribution in [1.82, 2.24) is 10.2 Å². The van der Waals surface area contributed by atoms with E-state index in [4.69, 9.17) is 20.7 Å². The lowest BCUT2D eigenvalue weighted by Crippen LogP contribution is -2.47. The average molecular weight is 539 g/mol. The third kappa shape index (κ3) is 8.66. The van der Waals surface area contributed by atoms with E-state index in [-0.39, 0.29) is 12.0 Å². The number of hydrogen-bond donors (Lipinski definition) is 4. The predicted molar refractivity (Wildman–Crippen MR) is 145 cm³/mol. The summed E-state index contributed by atoms with van der Waals surface area (Å²) in [4.78, 5) is 47.1. The lowest BCUT2D eigenvalue weighted by molar-refractivity contribution is -0.134. The van der Waals surface area contributed by atoms with Gasteiger partial charge in [0.05, 0.1) is 12.7 Å². The lowest BCUT2D eigenvalue weighted by atomic mass is 9.93.